The molecule has 0 aromatic heterocycles. The number of rotatable bonds is 6. The molecule has 34 heavy (non-hydrogen) atoms. The molecule has 2 aromatic carbocycles. The number of hydrogen-bond donors (Lipinski definition) is 0. The van der Waals surface area contributed by atoms with Gasteiger partial charge in [0, 0.05) is 11.2 Å². The zero-order valence-electron chi connectivity index (χ0n) is 22.3. The molecule has 0 saturated carbocycles. The number of para-hydroxylation sites is 2. The predicted octanol–water partition coefficient (Wildman–Crippen LogP) is 8.29. The van der Waals surface area contributed by atoms with Gasteiger partial charge in [-0.1, -0.05) is 59.2 Å². The minimum absolute atomic E-state index is 0.158. The van der Waals surface area contributed by atoms with E-state index in [0.717, 1.165) is 17.7 Å². The van der Waals surface area contributed by atoms with Crippen molar-refractivity contribution in [1.82, 2.24) is 0 Å². The van der Waals surface area contributed by atoms with Gasteiger partial charge in [-0.05, 0) is 36.8 Å². The van der Waals surface area contributed by atoms with Crippen molar-refractivity contribution in [3.63, 3.8) is 0 Å². The molecule has 187 valence electrons. The van der Waals surface area contributed by atoms with E-state index in [2.05, 4.69) is 94.4 Å². The first-order valence-electron chi connectivity index (χ1n) is 12.2. The summed E-state index contributed by atoms with van der Waals surface area (Å²) in [5, 5.41) is 0. The molecule has 1 fully saturated rings. The first-order valence-corrected chi connectivity index (χ1v) is 16.0. The fourth-order valence-electron chi connectivity index (χ4n) is 4.66. The summed E-state index contributed by atoms with van der Waals surface area (Å²) in [6.45, 7) is 22.7. The smallest absolute Gasteiger partial charge is 0.0829 e. The van der Waals surface area contributed by atoms with Gasteiger partial charge >= 0.3 is 90.3 Å². The van der Waals surface area contributed by atoms with Gasteiger partial charge in [-0.15, -0.1) is 0 Å². The van der Waals surface area contributed by atoms with Gasteiger partial charge in [-0.2, -0.15) is 4.28 Å². The van der Waals surface area contributed by atoms with Crippen LogP contribution in [0.5, 0.6) is 5.75 Å². The van der Waals surface area contributed by atoms with Gasteiger partial charge in [0.25, 0.3) is 0 Å². The standard InChI is InChI=1S/C19H29N.C10H12O.Al.ClH.Ru/c1-13(2)16-9-8-10-17(14(3)4)18(16)20-12-15(5)11-19(20,6)7;1-8(2)11-10-7-5-4-6-9(10)3;;;/h8-10,12-14H,11H2,1-7H3;3-8H,1-2H3;;1H;/q-1;;;;+1/p-1. The number of hydrogen-bond acceptors (Lipinski definition) is 2. The first-order chi connectivity index (χ1) is 15.8. The van der Waals surface area contributed by atoms with Crippen molar-refractivity contribution in [2.75, 3.05) is 4.90 Å². The van der Waals surface area contributed by atoms with E-state index >= 15 is 0 Å². The number of anilines is 1. The van der Waals surface area contributed by atoms with Gasteiger partial charge in [0.1, 0.15) is 0 Å². The van der Waals surface area contributed by atoms with Crippen LogP contribution < -0.4 is 9.64 Å². The van der Waals surface area contributed by atoms with Crippen LogP contribution in [0.25, 0.3) is 0 Å². The van der Waals surface area contributed by atoms with Crippen molar-refractivity contribution in [1.29, 1.82) is 0 Å². The maximum absolute atomic E-state index is 5.72. The van der Waals surface area contributed by atoms with Gasteiger partial charge in [-0.3, -0.25) is 0 Å². The van der Waals surface area contributed by atoms with Crippen LogP contribution in [0.1, 0.15) is 97.3 Å². The molecule has 2 nitrogen and oxygen atoms in total. The number of halogens is 1. The van der Waals surface area contributed by atoms with Crippen LogP contribution in [-0.4, -0.2) is 32.5 Å². The van der Waals surface area contributed by atoms with Crippen molar-refractivity contribution in [2.24, 2.45) is 0 Å². The van der Waals surface area contributed by atoms with Crippen molar-refractivity contribution >= 4 is 36.3 Å². The summed E-state index contributed by atoms with van der Waals surface area (Å²) >= 11 is 2.84. The van der Waals surface area contributed by atoms with Crippen LogP contribution in [0, 0.1) is 6.54 Å². The molecule has 3 rings (SSSR count). The Bertz CT molecular complexity index is 942. The first kappa shape index (κ1) is 29.6. The zero-order chi connectivity index (χ0) is 25.7. The Labute approximate surface area is 228 Å². The van der Waals surface area contributed by atoms with E-state index in [4.69, 9.17) is 14.4 Å². The van der Waals surface area contributed by atoms with Gasteiger partial charge in [0.2, 0.25) is 0 Å². The summed E-state index contributed by atoms with van der Waals surface area (Å²) in [7, 11) is 5.72. The Morgan fingerprint density at radius 3 is 1.97 bits per heavy atom. The second-order valence-electron chi connectivity index (χ2n) is 11.0. The molecule has 1 atom stereocenters. The van der Waals surface area contributed by atoms with Crippen molar-refractivity contribution < 1.29 is 20.4 Å². The van der Waals surface area contributed by atoms with Gasteiger partial charge in [-0.25, -0.2) is 6.54 Å². The molecule has 1 unspecified atom stereocenters. The van der Waals surface area contributed by atoms with Crippen molar-refractivity contribution in [3.8, 4) is 5.75 Å². The molecular formula is C29H41AlClNORu-. The largest absolute Gasteiger partial charge is 0.518 e. The summed E-state index contributed by atoms with van der Waals surface area (Å²) in [6.07, 6.45) is 1.37. The van der Waals surface area contributed by atoms with E-state index in [1.54, 1.807) is 0 Å². The number of ether oxygens (including phenoxy) is 1. The molecule has 5 heteroatoms. The van der Waals surface area contributed by atoms with E-state index in [1.807, 2.05) is 42.7 Å². The Balaban J connectivity index is 0.000000270. The van der Waals surface area contributed by atoms with E-state index < -0.39 is 0 Å². The maximum atomic E-state index is 5.72. The molecule has 1 aliphatic rings. The topological polar surface area (TPSA) is 12.5 Å². The zero-order valence-corrected chi connectivity index (χ0v) is 25.9. The van der Waals surface area contributed by atoms with E-state index in [1.165, 1.54) is 16.8 Å². The third-order valence-corrected chi connectivity index (χ3v) is 7.44. The summed E-state index contributed by atoms with van der Waals surface area (Å²) in [5.41, 5.74) is 5.63. The SMILES string of the molecule is CC(C)Oc1ccccc1[CH]=[Ru][Cl].CC(C)c1cccc(C(C)C)c1N1[CH-][C](C)([Al])CC1(C)C. The van der Waals surface area contributed by atoms with Crippen molar-refractivity contribution in [2.45, 2.75) is 96.5 Å². The van der Waals surface area contributed by atoms with Crippen LogP contribution in [0.2, 0.25) is 4.28 Å². The maximum Gasteiger partial charge on any atom is 0.0829 e. The second kappa shape index (κ2) is 12.5. The van der Waals surface area contributed by atoms with Crippen LogP contribution in [0.15, 0.2) is 42.5 Å². The summed E-state index contributed by atoms with van der Waals surface area (Å²) in [6, 6.07) is 14.8. The molecule has 0 aliphatic carbocycles. The van der Waals surface area contributed by atoms with Gasteiger partial charge in [0.05, 0.1) is 16.3 Å². The molecule has 0 amide bonds. The number of nitrogens with zero attached hydrogens (tertiary/aromatic N) is 1. The van der Waals surface area contributed by atoms with Crippen molar-refractivity contribution in [3.05, 3.63) is 65.7 Å². The normalized spacial score (nSPS) is 20.0. The molecule has 2 radical (unpaired) electrons. The predicted molar refractivity (Wildman–Crippen MR) is 147 cm³/mol. The Morgan fingerprint density at radius 2 is 1.53 bits per heavy atom. The Hall–Kier alpha value is -0.644. The summed E-state index contributed by atoms with van der Waals surface area (Å²) in [4.78, 5) is 2.55. The van der Waals surface area contributed by atoms with Crippen LogP contribution in [-0.2, 0) is 15.7 Å². The molecule has 0 bridgehead atoms. The molecule has 2 aromatic rings. The molecule has 1 heterocycles. The Kier molecular flexibility index (Phi) is 10.9. The van der Waals surface area contributed by atoms with Crippen LogP contribution in [0.3, 0.4) is 0 Å². The summed E-state index contributed by atoms with van der Waals surface area (Å²) < 4.78 is 7.84. The fraction of sp³-hybridized carbons (Fsp3) is 0.517. The minimum atomic E-state index is -0.191. The Morgan fingerprint density at radius 1 is 0.971 bits per heavy atom. The minimum Gasteiger partial charge on any atom is -0.518 e. The van der Waals surface area contributed by atoms with E-state index in [9.17, 15) is 0 Å². The quantitative estimate of drug-likeness (QED) is 0.251. The average Bonchev–Trinajstić information content (AvgIpc) is 2.95. The van der Waals surface area contributed by atoms with E-state index in [-0.39, 0.29) is 31.6 Å². The van der Waals surface area contributed by atoms with Gasteiger partial charge < -0.3 is 4.90 Å². The van der Waals surface area contributed by atoms with Gasteiger partial charge in [0.15, 0.2) is 0 Å². The number of benzene rings is 2. The molecule has 0 N–H and O–H groups in total. The molecule has 1 saturated heterocycles. The molecule has 1 aliphatic heterocycles. The molecule has 0 spiro atoms. The third kappa shape index (κ3) is 7.93. The van der Waals surface area contributed by atoms with Crippen LogP contribution >= 0.6 is 9.69 Å². The van der Waals surface area contributed by atoms with Crippen LogP contribution in [0.4, 0.5) is 5.69 Å². The van der Waals surface area contributed by atoms with E-state index in [0.29, 0.717) is 11.8 Å². The summed E-state index contributed by atoms with van der Waals surface area (Å²) in [5.74, 6) is 2.01. The molecular weight excluding hydrogens is 542 g/mol. The average molecular weight is 583 g/mol. The second-order valence-corrected chi connectivity index (χ2v) is 14.1. The third-order valence-electron chi connectivity index (χ3n) is 5.90. The fourth-order valence-corrected chi connectivity index (χ4v) is 6.42. The monoisotopic (exact) mass is 583 g/mol.